The standard InChI is InChI=1S/C16H32N2O/c1-3-4-5-6-7-8-15(2)18-10-9-17-11-12-19-14-16(17)13-18/h15-16H,3-14H2,1-2H3. The van der Waals surface area contributed by atoms with Crippen molar-refractivity contribution in [2.24, 2.45) is 0 Å². The van der Waals surface area contributed by atoms with Gasteiger partial charge in [-0.1, -0.05) is 39.0 Å². The van der Waals surface area contributed by atoms with E-state index < -0.39 is 0 Å². The van der Waals surface area contributed by atoms with Crippen LogP contribution >= 0.6 is 0 Å². The number of fused-ring (bicyclic) bond motifs is 1. The summed E-state index contributed by atoms with van der Waals surface area (Å²) in [5.74, 6) is 0. The first-order chi connectivity index (χ1) is 9.31. The van der Waals surface area contributed by atoms with Crippen LogP contribution in [0, 0.1) is 0 Å². The van der Waals surface area contributed by atoms with Crippen LogP contribution in [0.15, 0.2) is 0 Å². The van der Waals surface area contributed by atoms with E-state index in [1.165, 1.54) is 58.2 Å². The third-order valence-corrected chi connectivity index (χ3v) is 4.82. The molecule has 2 unspecified atom stereocenters. The first-order valence-corrected chi connectivity index (χ1v) is 8.37. The van der Waals surface area contributed by atoms with Gasteiger partial charge in [0.05, 0.1) is 13.2 Å². The fourth-order valence-corrected chi connectivity index (χ4v) is 3.40. The molecule has 0 aromatic carbocycles. The molecule has 0 saturated carbocycles. The van der Waals surface area contributed by atoms with Gasteiger partial charge in [0.15, 0.2) is 0 Å². The van der Waals surface area contributed by atoms with Gasteiger partial charge in [-0.3, -0.25) is 9.80 Å². The van der Waals surface area contributed by atoms with E-state index in [0.717, 1.165) is 25.8 Å². The van der Waals surface area contributed by atoms with E-state index in [1.807, 2.05) is 0 Å². The molecule has 2 aliphatic heterocycles. The Morgan fingerprint density at radius 3 is 2.79 bits per heavy atom. The van der Waals surface area contributed by atoms with Crippen molar-refractivity contribution in [2.45, 2.75) is 64.5 Å². The summed E-state index contributed by atoms with van der Waals surface area (Å²) >= 11 is 0. The fraction of sp³-hybridized carbons (Fsp3) is 1.00. The maximum absolute atomic E-state index is 5.62. The first-order valence-electron chi connectivity index (χ1n) is 8.37. The highest BCUT2D eigenvalue weighted by atomic mass is 16.5. The summed E-state index contributed by atoms with van der Waals surface area (Å²) in [5, 5.41) is 0. The van der Waals surface area contributed by atoms with Gasteiger partial charge in [-0.25, -0.2) is 0 Å². The Hall–Kier alpha value is -0.120. The van der Waals surface area contributed by atoms with Gasteiger partial charge in [0.1, 0.15) is 0 Å². The SMILES string of the molecule is CCCCCCCC(C)N1CCN2CCOCC2C1. The Morgan fingerprint density at radius 1 is 1.11 bits per heavy atom. The van der Waals surface area contributed by atoms with Gasteiger partial charge in [0.25, 0.3) is 0 Å². The number of nitrogens with zero attached hydrogens (tertiary/aromatic N) is 2. The van der Waals surface area contributed by atoms with Crippen molar-refractivity contribution in [3.8, 4) is 0 Å². The van der Waals surface area contributed by atoms with Crippen LogP contribution in [0.1, 0.15) is 52.4 Å². The monoisotopic (exact) mass is 268 g/mol. The van der Waals surface area contributed by atoms with E-state index in [4.69, 9.17) is 4.74 Å². The summed E-state index contributed by atoms with van der Waals surface area (Å²) in [6.45, 7) is 11.4. The maximum Gasteiger partial charge on any atom is 0.0634 e. The molecule has 0 spiro atoms. The second-order valence-corrected chi connectivity index (χ2v) is 6.31. The van der Waals surface area contributed by atoms with E-state index in [1.54, 1.807) is 0 Å². The summed E-state index contributed by atoms with van der Waals surface area (Å²) in [5.41, 5.74) is 0. The molecule has 2 aliphatic rings. The van der Waals surface area contributed by atoms with Gasteiger partial charge < -0.3 is 4.74 Å². The predicted molar refractivity (Wildman–Crippen MR) is 80.6 cm³/mol. The van der Waals surface area contributed by atoms with E-state index in [-0.39, 0.29) is 0 Å². The van der Waals surface area contributed by atoms with E-state index in [9.17, 15) is 0 Å². The van der Waals surface area contributed by atoms with Crippen LogP contribution in [0.5, 0.6) is 0 Å². The van der Waals surface area contributed by atoms with Gasteiger partial charge in [-0.2, -0.15) is 0 Å². The molecule has 2 heterocycles. The van der Waals surface area contributed by atoms with Crippen LogP contribution < -0.4 is 0 Å². The largest absolute Gasteiger partial charge is 0.378 e. The highest BCUT2D eigenvalue weighted by Crippen LogP contribution is 2.18. The average Bonchev–Trinajstić information content (AvgIpc) is 2.46. The molecule has 2 rings (SSSR count). The van der Waals surface area contributed by atoms with Crippen LogP contribution in [-0.2, 0) is 4.74 Å². The number of unbranched alkanes of at least 4 members (excludes halogenated alkanes) is 4. The highest BCUT2D eigenvalue weighted by molar-refractivity contribution is 4.86. The van der Waals surface area contributed by atoms with E-state index >= 15 is 0 Å². The molecule has 0 N–H and O–H groups in total. The smallest absolute Gasteiger partial charge is 0.0634 e. The van der Waals surface area contributed by atoms with E-state index in [2.05, 4.69) is 23.6 Å². The van der Waals surface area contributed by atoms with Gasteiger partial charge in [-0.15, -0.1) is 0 Å². The summed E-state index contributed by atoms with van der Waals surface area (Å²) in [7, 11) is 0. The fourth-order valence-electron chi connectivity index (χ4n) is 3.40. The molecule has 3 nitrogen and oxygen atoms in total. The Bertz CT molecular complexity index is 247. The van der Waals surface area contributed by atoms with Crippen molar-refractivity contribution in [3.63, 3.8) is 0 Å². The van der Waals surface area contributed by atoms with Crippen LogP contribution in [0.4, 0.5) is 0 Å². The summed E-state index contributed by atoms with van der Waals surface area (Å²) < 4.78 is 5.62. The Morgan fingerprint density at radius 2 is 1.95 bits per heavy atom. The zero-order valence-electron chi connectivity index (χ0n) is 12.9. The molecule has 3 heteroatoms. The summed E-state index contributed by atoms with van der Waals surface area (Å²) in [6.07, 6.45) is 8.38. The maximum atomic E-state index is 5.62. The van der Waals surface area contributed by atoms with Gasteiger partial charge in [0.2, 0.25) is 0 Å². The average molecular weight is 268 g/mol. The number of rotatable bonds is 7. The molecule has 0 aliphatic carbocycles. The third kappa shape index (κ3) is 4.73. The van der Waals surface area contributed by atoms with Gasteiger partial charge in [-0.05, 0) is 13.3 Å². The number of morpholine rings is 1. The molecule has 0 radical (unpaired) electrons. The molecule has 2 saturated heterocycles. The quantitative estimate of drug-likeness (QED) is 0.660. The van der Waals surface area contributed by atoms with Crippen molar-refractivity contribution < 1.29 is 4.74 Å². The lowest BCUT2D eigenvalue weighted by Gasteiger charge is -2.45. The topological polar surface area (TPSA) is 15.7 Å². The van der Waals surface area contributed by atoms with Crippen LogP contribution in [-0.4, -0.2) is 61.3 Å². The van der Waals surface area contributed by atoms with Crippen molar-refractivity contribution in [1.29, 1.82) is 0 Å². The molecule has 112 valence electrons. The summed E-state index contributed by atoms with van der Waals surface area (Å²) in [6, 6.07) is 1.41. The van der Waals surface area contributed by atoms with E-state index in [0.29, 0.717) is 6.04 Å². The van der Waals surface area contributed by atoms with Gasteiger partial charge >= 0.3 is 0 Å². The Kier molecular flexibility index (Phi) is 6.62. The molecule has 19 heavy (non-hydrogen) atoms. The molecule has 0 amide bonds. The number of ether oxygens (including phenoxy) is 1. The molecule has 2 atom stereocenters. The van der Waals surface area contributed by atoms with Crippen molar-refractivity contribution in [3.05, 3.63) is 0 Å². The molecule has 0 bridgehead atoms. The number of hydrogen-bond acceptors (Lipinski definition) is 3. The van der Waals surface area contributed by atoms with Crippen LogP contribution in [0.3, 0.4) is 0 Å². The second kappa shape index (κ2) is 8.23. The number of piperazine rings is 1. The zero-order valence-corrected chi connectivity index (χ0v) is 12.9. The third-order valence-electron chi connectivity index (χ3n) is 4.82. The molecular weight excluding hydrogens is 236 g/mol. The first kappa shape index (κ1) is 15.3. The number of hydrogen-bond donors (Lipinski definition) is 0. The van der Waals surface area contributed by atoms with Crippen LogP contribution in [0.25, 0.3) is 0 Å². The second-order valence-electron chi connectivity index (χ2n) is 6.31. The lowest BCUT2D eigenvalue weighted by Crippen LogP contribution is -2.59. The molecule has 0 aromatic heterocycles. The minimum atomic E-state index is 0.657. The lowest BCUT2D eigenvalue weighted by molar-refractivity contribution is -0.0522. The van der Waals surface area contributed by atoms with Gasteiger partial charge in [0, 0.05) is 38.3 Å². The zero-order chi connectivity index (χ0) is 13.5. The van der Waals surface area contributed by atoms with Crippen molar-refractivity contribution in [1.82, 2.24) is 9.80 Å². The van der Waals surface area contributed by atoms with Crippen molar-refractivity contribution >= 4 is 0 Å². The highest BCUT2D eigenvalue weighted by Gasteiger charge is 2.30. The Labute approximate surface area is 119 Å². The van der Waals surface area contributed by atoms with Crippen molar-refractivity contribution in [2.75, 3.05) is 39.4 Å². The van der Waals surface area contributed by atoms with Crippen LogP contribution in [0.2, 0.25) is 0 Å². The molecule has 2 fully saturated rings. The predicted octanol–water partition coefficient (Wildman–Crippen LogP) is 2.75. The Balaban J connectivity index is 1.64. The minimum absolute atomic E-state index is 0.657. The minimum Gasteiger partial charge on any atom is -0.378 e. The molecule has 0 aromatic rings. The normalized spacial score (nSPS) is 27.2. The molecular formula is C16H32N2O. The lowest BCUT2D eigenvalue weighted by atomic mass is 10.0. The summed E-state index contributed by atoms with van der Waals surface area (Å²) in [4.78, 5) is 5.31.